The predicted molar refractivity (Wildman–Crippen MR) is 69.3 cm³/mol. The Morgan fingerprint density at radius 2 is 2.18 bits per heavy atom. The van der Waals surface area contributed by atoms with Crippen molar-refractivity contribution in [1.82, 2.24) is 0 Å². The molecule has 1 rings (SSSR count). The Morgan fingerprint density at radius 1 is 1.53 bits per heavy atom. The Kier molecular flexibility index (Phi) is 4.39. The first-order valence-corrected chi connectivity index (χ1v) is 5.89. The van der Waals surface area contributed by atoms with Crippen molar-refractivity contribution in [2.45, 2.75) is 13.8 Å². The number of nitriles is 1. The lowest BCUT2D eigenvalue weighted by Crippen LogP contribution is -2.32. The number of alkyl halides is 1. The fraction of sp³-hybridized carbons (Fsp3) is 0.333. The van der Waals surface area contributed by atoms with E-state index < -0.39 is 5.41 Å². The number of rotatable bonds is 3. The van der Waals surface area contributed by atoms with E-state index in [1.807, 2.05) is 6.07 Å². The van der Waals surface area contributed by atoms with Crippen molar-refractivity contribution in [2.75, 3.05) is 11.2 Å². The lowest BCUT2D eigenvalue weighted by Gasteiger charge is -2.20. The molecule has 0 aromatic heterocycles. The highest BCUT2D eigenvalue weighted by atomic mass is 35.5. The lowest BCUT2D eigenvalue weighted by atomic mass is 9.95. The normalized spacial score (nSPS) is 10.8. The van der Waals surface area contributed by atoms with Gasteiger partial charge in [-0.3, -0.25) is 4.79 Å². The molecule has 0 heterocycles. The third-order valence-corrected chi connectivity index (χ3v) is 3.29. The first kappa shape index (κ1) is 13.8. The van der Waals surface area contributed by atoms with Crippen LogP contribution in [0.15, 0.2) is 18.2 Å². The molecular weight excluding hydrogens is 259 g/mol. The van der Waals surface area contributed by atoms with E-state index in [0.29, 0.717) is 16.3 Å². The van der Waals surface area contributed by atoms with Crippen LogP contribution in [0, 0.1) is 16.7 Å². The van der Waals surface area contributed by atoms with Gasteiger partial charge in [0.05, 0.1) is 16.0 Å². The van der Waals surface area contributed by atoms with Crippen LogP contribution in [0.5, 0.6) is 0 Å². The number of amides is 1. The first-order valence-electron chi connectivity index (χ1n) is 4.98. The van der Waals surface area contributed by atoms with Gasteiger partial charge in [0, 0.05) is 11.6 Å². The zero-order valence-corrected chi connectivity index (χ0v) is 11.1. The van der Waals surface area contributed by atoms with Crippen molar-refractivity contribution in [3.05, 3.63) is 28.8 Å². The average molecular weight is 271 g/mol. The lowest BCUT2D eigenvalue weighted by molar-refractivity contribution is -0.122. The molecule has 0 spiro atoms. The van der Waals surface area contributed by atoms with Crippen molar-refractivity contribution in [2.24, 2.45) is 5.41 Å². The van der Waals surface area contributed by atoms with E-state index in [4.69, 9.17) is 28.5 Å². The number of carbonyl (C=O) groups excluding carboxylic acids is 1. The molecule has 0 unspecified atom stereocenters. The highest BCUT2D eigenvalue weighted by Crippen LogP contribution is 2.23. The maximum absolute atomic E-state index is 11.8. The molecule has 0 aliphatic rings. The minimum absolute atomic E-state index is 0.196. The Balaban J connectivity index is 2.91. The van der Waals surface area contributed by atoms with Crippen LogP contribution in [0.1, 0.15) is 19.4 Å². The summed E-state index contributed by atoms with van der Waals surface area (Å²) in [6, 6.07) is 6.70. The molecule has 0 aliphatic carbocycles. The molecule has 90 valence electrons. The van der Waals surface area contributed by atoms with Gasteiger partial charge in [-0.05, 0) is 32.0 Å². The zero-order chi connectivity index (χ0) is 13.1. The van der Waals surface area contributed by atoms with Crippen LogP contribution in [-0.2, 0) is 4.79 Å². The van der Waals surface area contributed by atoms with Crippen molar-refractivity contribution in [1.29, 1.82) is 5.26 Å². The standard InChI is InChI=1S/C12H12Cl2N2O/c1-12(2,7-13)11(17)16-9-3-4-10(14)8(5-9)6-15/h3-5H,7H2,1-2H3,(H,16,17). The minimum atomic E-state index is -0.659. The second kappa shape index (κ2) is 5.39. The van der Waals surface area contributed by atoms with E-state index in [1.165, 1.54) is 6.07 Å². The molecule has 0 fully saturated rings. The first-order chi connectivity index (χ1) is 7.90. The number of anilines is 1. The minimum Gasteiger partial charge on any atom is -0.326 e. The van der Waals surface area contributed by atoms with Gasteiger partial charge in [0.1, 0.15) is 6.07 Å². The molecule has 0 radical (unpaired) electrons. The summed E-state index contributed by atoms with van der Waals surface area (Å²) in [7, 11) is 0. The largest absolute Gasteiger partial charge is 0.326 e. The molecule has 5 heteroatoms. The molecule has 1 amide bonds. The molecule has 0 saturated carbocycles. The van der Waals surface area contributed by atoms with Crippen molar-refractivity contribution in [3.63, 3.8) is 0 Å². The zero-order valence-electron chi connectivity index (χ0n) is 9.55. The van der Waals surface area contributed by atoms with Crippen molar-refractivity contribution >= 4 is 34.8 Å². The average Bonchev–Trinajstić information content (AvgIpc) is 2.31. The second-order valence-electron chi connectivity index (χ2n) is 4.28. The van der Waals surface area contributed by atoms with Crippen LogP contribution in [0.25, 0.3) is 0 Å². The summed E-state index contributed by atoms with van der Waals surface area (Å²) in [4.78, 5) is 11.8. The SMILES string of the molecule is CC(C)(CCl)C(=O)Nc1ccc(Cl)c(C#N)c1. The number of halogens is 2. The molecule has 0 bridgehead atoms. The fourth-order valence-corrected chi connectivity index (χ4v) is 1.33. The summed E-state index contributed by atoms with van der Waals surface area (Å²) in [6.07, 6.45) is 0. The van der Waals surface area contributed by atoms with Gasteiger partial charge in [-0.15, -0.1) is 11.6 Å². The third-order valence-electron chi connectivity index (χ3n) is 2.29. The fourth-order valence-electron chi connectivity index (χ4n) is 1.05. The van der Waals surface area contributed by atoms with E-state index in [2.05, 4.69) is 5.32 Å². The molecule has 0 aliphatic heterocycles. The van der Waals surface area contributed by atoms with Gasteiger partial charge in [-0.1, -0.05) is 11.6 Å². The smallest absolute Gasteiger partial charge is 0.231 e. The Bertz CT molecular complexity index is 478. The topological polar surface area (TPSA) is 52.9 Å². The van der Waals surface area contributed by atoms with Crippen LogP contribution in [0.2, 0.25) is 5.02 Å². The van der Waals surface area contributed by atoms with Crippen LogP contribution in [0.4, 0.5) is 5.69 Å². The maximum atomic E-state index is 11.8. The van der Waals surface area contributed by atoms with Crippen LogP contribution in [-0.4, -0.2) is 11.8 Å². The van der Waals surface area contributed by atoms with Gasteiger partial charge < -0.3 is 5.32 Å². The molecule has 1 aromatic carbocycles. The third kappa shape index (κ3) is 3.36. The summed E-state index contributed by atoms with van der Waals surface area (Å²) in [5, 5.41) is 11.9. The van der Waals surface area contributed by atoms with Crippen LogP contribution >= 0.6 is 23.2 Å². The molecule has 1 N–H and O–H groups in total. The number of carbonyl (C=O) groups is 1. The van der Waals surface area contributed by atoms with Crippen molar-refractivity contribution < 1.29 is 4.79 Å². The van der Waals surface area contributed by atoms with Gasteiger partial charge in [-0.25, -0.2) is 0 Å². The maximum Gasteiger partial charge on any atom is 0.231 e. The van der Waals surface area contributed by atoms with E-state index in [1.54, 1.807) is 26.0 Å². The summed E-state index contributed by atoms with van der Waals surface area (Å²) < 4.78 is 0. The highest BCUT2D eigenvalue weighted by Gasteiger charge is 2.26. The van der Waals surface area contributed by atoms with Gasteiger partial charge in [0.2, 0.25) is 5.91 Å². The molecule has 3 nitrogen and oxygen atoms in total. The quantitative estimate of drug-likeness (QED) is 0.856. The number of hydrogen-bond acceptors (Lipinski definition) is 2. The number of benzene rings is 1. The monoisotopic (exact) mass is 270 g/mol. The summed E-state index contributed by atoms with van der Waals surface area (Å²) in [6.45, 7) is 3.49. The molecule has 0 saturated heterocycles. The van der Waals surface area contributed by atoms with Crippen LogP contribution in [0.3, 0.4) is 0 Å². The van der Waals surface area contributed by atoms with E-state index in [-0.39, 0.29) is 11.8 Å². The van der Waals surface area contributed by atoms with E-state index in [9.17, 15) is 4.79 Å². The van der Waals surface area contributed by atoms with Crippen LogP contribution < -0.4 is 5.32 Å². The molecule has 1 aromatic rings. The van der Waals surface area contributed by atoms with E-state index in [0.717, 1.165) is 0 Å². The molecule has 17 heavy (non-hydrogen) atoms. The van der Waals surface area contributed by atoms with Gasteiger partial charge in [0.25, 0.3) is 0 Å². The Morgan fingerprint density at radius 3 is 2.71 bits per heavy atom. The Labute approximate surface area is 110 Å². The van der Waals surface area contributed by atoms with Gasteiger partial charge in [-0.2, -0.15) is 5.26 Å². The van der Waals surface area contributed by atoms with E-state index >= 15 is 0 Å². The second-order valence-corrected chi connectivity index (χ2v) is 4.95. The molecule has 0 atom stereocenters. The number of hydrogen-bond donors (Lipinski definition) is 1. The van der Waals surface area contributed by atoms with Crippen molar-refractivity contribution in [3.8, 4) is 6.07 Å². The number of nitrogens with one attached hydrogen (secondary N) is 1. The number of nitrogens with zero attached hydrogens (tertiary/aromatic N) is 1. The van der Waals surface area contributed by atoms with Gasteiger partial charge in [0.15, 0.2) is 0 Å². The summed E-state index contributed by atoms with van der Waals surface area (Å²) in [5.41, 5.74) is 0.204. The summed E-state index contributed by atoms with van der Waals surface area (Å²) in [5.74, 6) is 0.0241. The Hall–Kier alpha value is -1.24. The highest BCUT2D eigenvalue weighted by molar-refractivity contribution is 6.31. The summed E-state index contributed by atoms with van der Waals surface area (Å²) >= 11 is 11.5. The molecular formula is C12H12Cl2N2O. The van der Waals surface area contributed by atoms with Gasteiger partial charge >= 0.3 is 0 Å². The predicted octanol–water partition coefficient (Wildman–Crippen LogP) is 3.42.